The van der Waals surface area contributed by atoms with E-state index in [9.17, 15) is 4.79 Å². The van der Waals surface area contributed by atoms with Gasteiger partial charge in [-0.25, -0.2) is 0 Å². The van der Waals surface area contributed by atoms with Crippen LogP contribution in [0.3, 0.4) is 0 Å². The van der Waals surface area contributed by atoms with Crippen molar-refractivity contribution in [1.29, 1.82) is 0 Å². The fourth-order valence-electron chi connectivity index (χ4n) is 1.51. The van der Waals surface area contributed by atoms with Crippen LogP contribution in [-0.4, -0.2) is 25.2 Å². The van der Waals surface area contributed by atoms with Crippen molar-refractivity contribution in [3.8, 4) is 0 Å². The summed E-state index contributed by atoms with van der Waals surface area (Å²) in [5.74, 6) is 0.0502. The van der Waals surface area contributed by atoms with Crippen molar-refractivity contribution >= 4 is 5.91 Å². The average Bonchev–Trinajstić information content (AvgIpc) is 2.25. The average molecular weight is 197 g/mol. The van der Waals surface area contributed by atoms with Crippen LogP contribution in [0.25, 0.3) is 0 Å². The lowest BCUT2D eigenvalue weighted by Gasteiger charge is -2.21. The first-order valence-corrected chi connectivity index (χ1v) is 5.35. The molecule has 1 aliphatic heterocycles. The summed E-state index contributed by atoms with van der Waals surface area (Å²) >= 11 is 0. The van der Waals surface area contributed by atoms with Crippen molar-refractivity contribution in [2.45, 2.75) is 38.7 Å². The summed E-state index contributed by atoms with van der Waals surface area (Å²) in [6.07, 6.45) is 7.79. The Kier molecular flexibility index (Phi) is 5.30. The molecule has 0 aromatic heterocycles. The molecule has 0 spiro atoms. The predicted molar refractivity (Wildman–Crippen MR) is 56.0 cm³/mol. The Morgan fingerprint density at radius 1 is 1.57 bits per heavy atom. The Bertz CT molecular complexity index is 195. The van der Waals surface area contributed by atoms with E-state index in [0.717, 1.165) is 32.3 Å². The van der Waals surface area contributed by atoms with Crippen LogP contribution in [0.4, 0.5) is 0 Å². The molecule has 3 heteroatoms. The molecule has 0 aromatic rings. The summed E-state index contributed by atoms with van der Waals surface area (Å²) in [5.41, 5.74) is 0. The van der Waals surface area contributed by atoms with Crippen LogP contribution in [0.5, 0.6) is 0 Å². The van der Waals surface area contributed by atoms with Gasteiger partial charge in [0.15, 0.2) is 0 Å². The number of carbonyl (C=O) groups excluding carboxylic acids is 1. The van der Waals surface area contributed by atoms with Crippen LogP contribution in [0, 0.1) is 0 Å². The SMILES string of the molecule is C/C=C/CCNC(=O)C1CCCCO1. The summed E-state index contributed by atoms with van der Waals surface area (Å²) in [6.45, 7) is 3.42. The van der Waals surface area contributed by atoms with Gasteiger partial charge >= 0.3 is 0 Å². The molecule has 1 saturated heterocycles. The molecular formula is C11H19NO2. The lowest BCUT2D eigenvalue weighted by Crippen LogP contribution is -2.38. The molecule has 1 unspecified atom stereocenters. The molecule has 0 aromatic carbocycles. The van der Waals surface area contributed by atoms with E-state index in [4.69, 9.17) is 4.74 Å². The fraction of sp³-hybridized carbons (Fsp3) is 0.727. The van der Waals surface area contributed by atoms with Gasteiger partial charge in [0.2, 0.25) is 5.91 Å². The molecular weight excluding hydrogens is 178 g/mol. The molecule has 0 saturated carbocycles. The van der Waals surface area contributed by atoms with Crippen LogP contribution >= 0.6 is 0 Å². The van der Waals surface area contributed by atoms with E-state index in [1.165, 1.54) is 0 Å². The number of amides is 1. The zero-order valence-corrected chi connectivity index (χ0v) is 8.79. The Hall–Kier alpha value is -0.830. The van der Waals surface area contributed by atoms with Gasteiger partial charge in [-0.15, -0.1) is 0 Å². The standard InChI is InChI=1S/C11H19NO2/c1-2-3-5-8-12-11(13)10-7-4-6-9-14-10/h2-3,10H,4-9H2,1H3,(H,12,13)/b3-2+. The molecule has 1 heterocycles. The van der Waals surface area contributed by atoms with Crippen molar-refractivity contribution in [2.75, 3.05) is 13.2 Å². The minimum Gasteiger partial charge on any atom is -0.368 e. The third kappa shape index (κ3) is 3.92. The number of carbonyl (C=O) groups is 1. The molecule has 3 nitrogen and oxygen atoms in total. The summed E-state index contributed by atoms with van der Waals surface area (Å²) < 4.78 is 5.37. The van der Waals surface area contributed by atoms with Gasteiger partial charge in [0, 0.05) is 13.2 Å². The summed E-state index contributed by atoms with van der Waals surface area (Å²) in [4.78, 5) is 11.5. The van der Waals surface area contributed by atoms with E-state index in [2.05, 4.69) is 5.32 Å². The van der Waals surface area contributed by atoms with Crippen molar-refractivity contribution < 1.29 is 9.53 Å². The van der Waals surface area contributed by atoms with Gasteiger partial charge in [-0.3, -0.25) is 4.79 Å². The second-order valence-corrected chi connectivity index (χ2v) is 3.50. The van der Waals surface area contributed by atoms with Crippen LogP contribution in [0.15, 0.2) is 12.2 Å². The third-order valence-electron chi connectivity index (χ3n) is 2.32. The highest BCUT2D eigenvalue weighted by Gasteiger charge is 2.20. The largest absolute Gasteiger partial charge is 0.368 e. The van der Waals surface area contributed by atoms with Crippen molar-refractivity contribution in [3.63, 3.8) is 0 Å². The lowest BCUT2D eigenvalue weighted by atomic mass is 10.1. The number of hydrogen-bond acceptors (Lipinski definition) is 2. The minimum atomic E-state index is -0.200. The molecule has 1 N–H and O–H groups in total. The Balaban J connectivity index is 2.13. The monoisotopic (exact) mass is 197 g/mol. The van der Waals surface area contributed by atoms with Crippen LogP contribution < -0.4 is 5.32 Å². The van der Waals surface area contributed by atoms with E-state index < -0.39 is 0 Å². The van der Waals surface area contributed by atoms with Crippen LogP contribution in [-0.2, 0) is 9.53 Å². The van der Waals surface area contributed by atoms with Crippen molar-refractivity contribution in [2.24, 2.45) is 0 Å². The molecule has 1 amide bonds. The second-order valence-electron chi connectivity index (χ2n) is 3.50. The second kappa shape index (κ2) is 6.60. The normalized spacial score (nSPS) is 22.5. The van der Waals surface area contributed by atoms with Gasteiger partial charge in [-0.05, 0) is 32.6 Å². The molecule has 0 radical (unpaired) electrons. The molecule has 80 valence electrons. The highest BCUT2D eigenvalue weighted by atomic mass is 16.5. The van der Waals surface area contributed by atoms with E-state index >= 15 is 0 Å². The Morgan fingerprint density at radius 3 is 3.07 bits per heavy atom. The number of rotatable bonds is 4. The van der Waals surface area contributed by atoms with E-state index in [1.54, 1.807) is 0 Å². The summed E-state index contributed by atoms with van der Waals surface area (Å²) in [5, 5.41) is 2.87. The van der Waals surface area contributed by atoms with E-state index in [-0.39, 0.29) is 12.0 Å². The lowest BCUT2D eigenvalue weighted by molar-refractivity contribution is -0.135. The third-order valence-corrected chi connectivity index (χ3v) is 2.32. The summed E-state index contributed by atoms with van der Waals surface area (Å²) in [7, 11) is 0. The Morgan fingerprint density at radius 2 is 2.43 bits per heavy atom. The molecule has 1 atom stereocenters. The van der Waals surface area contributed by atoms with Gasteiger partial charge in [0.25, 0.3) is 0 Å². The highest BCUT2D eigenvalue weighted by Crippen LogP contribution is 2.12. The van der Waals surface area contributed by atoms with Gasteiger partial charge in [-0.2, -0.15) is 0 Å². The molecule has 1 aliphatic rings. The fourth-order valence-corrected chi connectivity index (χ4v) is 1.51. The molecule has 14 heavy (non-hydrogen) atoms. The van der Waals surface area contributed by atoms with Crippen molar-refractivity contribution in [3.05, 3.63) is 12.2 Å². The van der Waals surface area contributed by atoms with Gasteiger partial charge in [0.05, 0.1) is 0 Å². The maximum Gasteiger partial charge on any atom is 0.249 e. The van der Waals surface area contributed by atoms with Gasteiger partial charge in [0.1, 0.15) is 6.10 Å². The first kappa shape index (κ1) is 11.2. The van der Waals surface area contributed by atoms with E-state index in [0.29, 0.717) is 6.54 Å². The Labute approximate surface area is 85.5 Å². The zero-order valence-electron chi connectivity index (χ0n) is 8.79. The first-order valence-electron chi connectivity index (χ1n) is 5.35. The minimum absolute atomic E-state index is 0.0502. The molecule has 1 rings (SSSR count). The van der Waals surface area contributed by atoms with E-state index in [1.807, 2.05) is 19.1 Å². The van der Waals surface area contributed by atoms with Crippen LogP contribution in [0.2, 0.25) is 0 Å². The smallest absolute Gasteiger partial charge is 0.249 e. The summed E-state index contributed by atoms with van der Waals surface area (Å²) in [6, 6.07) is 0. The zero-order chi connectivity index (χ0) is 10.2. The van der Waals surface area contributed by atoms with Crippen molar-refractivity contribution in [1.82, 2.24) is 5.32 Å². The maximum atomic E-state index is 11.5. The number of ether oxygens (including phenoxy) is 1. The number of nitrogens with one attached hydrogen (secondary N) is 1. The number of hydrogen-bond donors (Lipinski definition) is 1. The number of allylic oxidation sites excluding steroid dienone is 1. The van der Waals surface area contributed by atoms with Crippen LogP contribution in [0.1, 0.15) is 32.6 Å². The predicted octanol–water partition coefficient (Wildman–Crippen LogP) is 1.64. The molecule has 1 fully saturated rings. The first-order chi connectivity index (χ1) is 6.84. The van der Waals surface area contributed by atoms with Gasteiger partial charge < -0.3 is 10.1 Å². The topological polar surface area (TPSA) is 38.3 Å². The maximum absolute atomic E-state index is 11.5. The molecule has 0 aliphatic carbocycles. The highest BCUT2D eigenvalue weighted by molar-refractivity contribution is 5.80. The van der Waals surface area contributed by atoms with Gasteiger partial charge in [-0.1, -0.05) is 12.2 Å². The molecule has 0 bridgehead atoms. The quantitative estimate of drug-likeness (QED) is 0.549.